The van der Waals surface area contributed by atoms with Crippen molar-refractivity contribution in [1.29, 1.82) is 0 Å². The van der Waals surface area contributed by atoms with Crippen molar-refractivity contribution in [2.45, 2.75) is 32.2 Å². The fourth-order valence-electron chi connectivity index (χ4n) is 1.71. The summed E-state index contributed by atoms with van der Waals surface area (Å²) in [6.07, 6.45) is -0.124. The zero-order chi connectivity index (χ0) is 15.3. The molecule has 0 aliphatic rings. The summed E-state index contributed by atoms with van der Waals surface area (Å²) in [5.74, 6) is -1.33. The van der Waals surface area contributed by atoms with Crippen molar-refractivity contribution in [3.63, 3.8) is 0 Å². The van der Waals surface area contributed by atoms with E-state index in [0.29, 0.717) is 11.3 Å². The van der Waals surface area contributed by atoms with Crippen LogP contribution in [0.2, 0.25) is 0 Å². The molecule has 110 valence electrons. The molecule has 1 rings (SSSR count). The van der Waals surface area contributed by atoms with Gasteiger partial charge >= 0.3 is 11.9 Å². The molecule has 0 aliphatic carbocycles. The average molecular weight is 345 g/mol. The van der Waals surface area contributed by atoms with Gasteiger partial charge in [-0.1, -0.05) is 15.9 Å². The van der Waals surface area contributed by atoms with Crippen molar-refractivity contribution in [1.82, 2.24) is 0 Å². The van der Waals surface area contributed by atoms with Crippen molar-refractivity contribution < 1.29 is 24.2 Å². The molecule has 0 bridgehead atoms. The predicted molar refractivity (Wildman–Crippen MR) is 77.8 cm³/mol. The van der Waals surface area contributed by atoms with Gasteiger partial charge in [0.05, 0.1) is 23.8 Å². The Morgan fingerprint density at radius 3 is 2.35 bits per heavy atom. The van der Waals surface area contributed by atoms with E-state index in [9.17, 15) is 14.7 Å². The number of carboxylic acid groups (broad SMARTS) is 1. The normalized spacial score (nSPS) is 10.4. The van der Waals surface area contributed by atoms with Gasteiger partial charge in [0, 0.05) is 5.33 Å². The van der Waals surface area contributed by atoms with Gasteiger partial charge in [0.2, 0.25) is 0 Å². The summed E-state index contributed by atoms with van der Waals surface area (Å²) in [4.78, 5) is 23.3. The number of rotatable bonds is 6. The Bertz CT molecular complexity index is 511. The van der Waals surface area contributed by atoms with Crippen LogP contribution in [0.1, 0.15) is 47.1 Å². The lowest BCUT2D eigenvalue weighted by Gasteiger charge is -2.15. The van der Waals surface area contributed by atoms with Crippen molar-refractivity contribution in [3.8, 4) is 5.75 Å². The fraction of sp³-hybridized carbons (Fsp3) is 0.429. The molecule has 1 aromatic rings. The highest BCUT2D eigenvalue weighted by Crippen LogP contribution is 2.26. The summed E-state index contributed by atoms with van der Waals surface area (Å²) in [6.45, 7) is 5.56. The lowest BCUT2D eigenvalue weighted by molar-refractivity contribution is 0.0524. The van der Waals surface area contributed by atoms with Crippen LogP contribution in [0.25, 0.3) is 0 Å². The van der Waals surface area contributed by atoms with Gasteiger partial charge in [-0.15, -0.1) is 0 Å². The first kappa shape index (κ1) is 16.5. The standard InChI is InChI=1S/C14H17BrO5/c1-4-19-14(18)11-6-9(20-8(2)3)5-10(13(16)17)12(11)7-15/h5-6,8H,4,7H2,1-3H3,(H,16,17). The maximum absolute atomic E-state index is 11.9. The van der Waals surface area contributed by atoms with E-state index in [1.807, 2.05) is 13.8 Å². The maximum Gasteiger partial charge on any atom is 0.338 e. The molecule has 0 aliphatic heterocycles. The summed E-state index contributed by atoms with van der Waals surface area (Å²) in [5.41, 5.74) is 0.620. The zero-order valence-electron chi connectivity index (χ0n) is 11.6. The molecule has 20 heavy (non-hydrogen) atoms. The minimum atomic E-state index is -1.11. The number of esters is 1. The van der Waals surface area contributed by atoms with Gasteiger partial charge < -0.3 is 14.6 Å². The lowest BCUT2D eigenvalue weighted by atomic mass is 10.0. The number of halogens is 1. The number of hydrogen-bond acceptors (Lipinski definition) is 4. The molecular weight excluding hydrogens is 328 g/mol. The molecule has 0 spiro atoms. The molecular formula is C14H17BrO5. The molecule has 0 saturated carbocycles. The number of benzene rings is 1. The molecule has 0 heterocycles. The third kappa shape index (κ3) is 3.96. The van der Waals surface area contributed by atoms with Crippen molar-refractivity contribution >= 4 is 27.9 Å². The van der Waals surface area contributed by atoms with Crippen LogP contribution in [0.4, 0.5) is 0 Å². The topological polar surface area (TPSA) is 72.8 Å². The molecule has 1 aromatic carbocycles. The fourth-order valence-corrected chi connectivity index (χ4v) is 2.32. The molecule has 0 unspecified atom stereocenters. The number of aromatic carboxylic acids is 1. The van der Waals surface area contributed by atoms with Crippen LogP contribution in [0, 0.1) is 0 Å². The molecule has 0 amide bonds. The van der Waals surface area contributed by atoms with E-state index in [-0.39, 0.29) is 29.2 Å². The van der Waals surface area contributed by atoms with Gasteiger partial charge in [0.1, 0.15) is 5.75 Å². The monoisotopic (exact) mass is 344 g/mol. The molecule has 0 atom stereocenters. The minimum Gasteiger partial charge on any atom is -0.491 e. The van der Waals surface area contributed by atoms with Gasteiger partial charge in [-0.25, -0.2) is 9.59 Å². The molecule has 6 heteroatoms. The Morgan fingerprint density at radius 1 is 1.30 bits per heavy atom. The minimum absolute atomic E-state index is 0.0306. The first-order valence-corrected chi connectivity index (χ1v) is 7.32. The van der Waals surface area contributed by atoms with Gasteiger partial charge in [-0.05, 0) is 38.5 Å². The smallest absolute Gasteiger partial charge is 0.338 e. The SMILES string of the molecule is CCOC(=O)c1cc(OC(C)C)cc(C(=O)O)c1CBr. The molecule has 0 fully saturated rings. The molecule has 0 radical (unpaired) electrons. The summed E-state index contributed by atoms with van der Waals surface area (Å²) < 4.78 is 10.4. The Labute approximate surface area is 126 Å². The number of carbonyl (C=O) groups excluding carboxylic acids is 1. The number of alkyl halides is 1. The Morgan fingerprint density at radius 2 is 1.90 bits per heavy atom. The first-order chi connectivity index (χ1) is 9.40. The average Bonchev–Trinajstić information content (AvgIpc) is 2.37. The van der Waals surface area contributed by atoms with Gasteiger partial charge in [-0.3, -0.25) is 0 Å². The van der Waals surface area contributed by atoms with Gasteiger partial charge in [0.25, 0.3) is 0 Å². The van der Waals surface area contributed by atoms with E-state index in [2.05, 4.69) is 15.9 Å². The van der Waals surface area contributed by atoms with E-state index < -0.39 is 11.9 Å². The Hall–Kier alpha value is -1.56. The number of carbonyl (C=O) groups is 2. The highest BCUT2D eigenvalue weighted by Gasteiger charge is 2.21. The van der Waals surface area contributed by atoms with E-state index >= 15 is 0 Å². The van der Waals surface area contributed by atoms with Crippen LogP contribution in [0.15, 0.2) is 12.1 Å². The van der Waals surface area contributed by atoms with E-state index in [4.69, 9.17) is 9.47 Å². The number of hydrogen-bond donors (Lipinski definition) is 1. The summed E-state index contributed by atoms with van der Waals surface area (Å²) in [6, 6.07) is 2.93. The Balaban J connectivity index is 3.40. The van der Waals surface area contributed by atoms with Crippen molar-refractivity contribution in [2.24, 2.45) is 0 Å². The van der Waals surface area contributed by atoms with E-state index in [0.717, 1.165) is 0 Å². The Kier molecular flexibility index (Phi) is 6.01. The predicted octanol–water partition coefficient (Wildman–Crippen LogP) is 3.24. The van der Waals surface area contributed by atoms with Crippen molar-refractivity contribution in [2.75, 3.05) is 6.61 Å². The summed E-state index contributed by atoms with van der Waals surface area (Å²) in [5, 5.41) is 9.50. The van der Waals surface area contributed by atoms with Crippen LogP contribution in [-0.2, 0) is 10.1 Å². The molecule has 1 N–H and O–H groups in total. The van der Waals surface area contributed by atoms with Crippen LogP contribution >= 0.6 is 15.9 Å². The van der Waals surface area contributed by atoms with Crippen molar-refractivity contribution in [3.05, 3.63) is 28.8 Å². The van der Waals surface area contributed by atoms with Crippen LogP contribution in [-0.4, -0.2) is 29.8 Å². The van der Waals surface area contributed by atoms with Crippen LogP contribution in [0.5, 0.6) is 5.75 Å². The third-order valence-corrected chi connectivity index (χ3v) is 3.02. The highest BCUT2D eigenvalue weighted by atomic mass is 79.9. The second-order valence-electron chi connectivity index (χ2n) is 4.32. The van der Waals surface area contributed by atoms with Crippen LogP contribution in [0.3, 0.4) is 0 Å². The first-order valence-electron chi connectivity index (χ1n) is 6.20. The van der Waals surface area contributed by atoms with E-state index in [1.54, 1.807) is 6.92 Å². The summed E-state index contributed by atoms with van der Waals surface area (Å²) in [7, 11) is 0. The van der Waals surface area contributed by atoms with E-state index in [1.165, 1.54) is 12.1 Å². The molecule has 5 nitrogen and oxygen atoms in total. The highest BCUT2D eigenvalue weighted by molar-refractivity contribution is 9.08. The van der Waals surface area contributed by atoms with Crippen LogP contribution < -0.4 is 4.74 Å². The largest absolute Gasteiger partial charge is 0.491 e. The molecule has 0 aromatic heterocycles. The number of ether oxygens (including phenoxy) is 2. The maximum atomic E-state index is 11.9. The number of carboxylic acids is 1. The van der Waals surface area contributed by atoms with Gasteiger partial charge in [0.15, 0.2) is 0 Å². The second-order valence-corrected chi connectivity index (χ2v) is 4.88. The quantitative estimate of drug-likeness (QED) is 0.633. The summed E-state index contributed by atoms with van der Waals surface area (Å²) >= 11 is 3.21. The van der Waals surface area contributed by atoms with Gasteiger partial charge in [-0.2, -0.15) is 0 Å². The lowest BCUT2D eigenvalue weighted by Crippen LogP contribution is -2.14. The third-order valence-electron chi connectivity index (χ3n) is 2.45. The molecule has 0 saturated heterocycles. The zero-order valence-corrected chi connectivity index (χ0v) is 13.2. The second kappa shape index (κ2) is 7.28.